The summed E-state index contributed by atoms with van der Waals surface area (Å²) in [5.41, 5.74) is 0. The Labute approximate surface area is 108 Å². The van der Waals surface area contributed by atoms with Crippen LogP contribution in [0.15, 0.2) is 5.18 Å². The van der Waals surface area contributed by atoms with Gasteiger partial charge in [0.25, 0.3) is 0 Å². The van der Waals surface area contributed by atoms with Crippen molar-refractivity contribution in [2.45, 2.75) is 72.1 Å². The fourth-order valence-corrected chi connectivity index (χ4v) is 1.56. The second-order valence-electron chi connectivity index (χ2n) is 4.28. The molecule has 0 rings (SSSR count). The Morgan fingerprint density at radius 2 is 1.24 bits per heavy atom. The first-order chi connectivity index (χ1) is 8.33. The number of rotatable bonds is 11. The smallest absolute Gasteiger partial charge is 0.0811 e. The summed E-state index contributed by atoms with van der Waals surface area (Å²) < 4.78 is 0. The van der Waals surface area contributed by atoms with Gasteiger partial charge in [-0.15, -0.1) is 0 Å². The van der Waals surface area contributed by atoms with E-state index >= 15 is 0 Å². The summed E-state index contributed by atoms with van der Waals surface area (Å²) in [6.07, 6.45) is 10.2. The fraction of sp³-hybridized carbons (Fsp3) is 1.00. The van der Waals surface area contributed by atoms with Gasteiger partial charge in [-0.2, -0.15) is 4.91 Å². The van der Waals surface area contributed by atoms with Gasteiger partial charge in [0.1, 0.15) is 0 Å². The first-order valence-electron chi connectivity index (χ1n) is 7.33. The summed E-state index contributed by atoms with van der Waals surface area (Å²) in [6.45, 7) is 9.13. The van der Waals surface area contributed by atoms with E-state index in [0.29, 0.717) is 6.54 Å². The summed E-state index contributed by atoms with van der Waals surface area (Å²) in [7, 11) is 0. The quantitative estimate of drug-likeness (QED) is 0.429. The van der Waals surface area contributed by atoms with Crippen LogP contribution in [0.2, 0.25) is 0 Å². The number of nitroso groups, excluding NO2 is 1. The molecule has 0 unspecified atom stereocenters. The maximum Gasteiger partial charge on any atom is 0.0811 e. The minimum absolute atomic E-state index is 0.509. The molecular formula is C14H32N2O. The summed E-state index contributed by atoms with van der Waals surface area (Å²) in [6, 6.07) is 0. The lowest BCUT2D eigenvalue weighted by molar-refractivity contribution is 0.578. The molecular weight excluding hydrogens is 212 g/mol. The number of unbranched alkanes of at least 4 members (excludes halogenated alkanes) is 7. The van der Waals surface area contributed by atoms with E-state index in [1.54, 1.807) is 0 Å². The van der Waals surface area contributed by atoms with Gasteiger partial charge in [-0.3, -0.25) is 0 Å². The minimum Gasteiger partial charge on any atom is -0.317 e. The predicted molar refractivity (Wildman–Crippen MR) is 77.5 cm³/mol. The van der Waals surface area contributed by atoms with Crippen LogP contribution in [0.5, 0.6) is 0 Å². The van der Waals surface area contributed by atoms with E-state index in [2.05, 4.69) is 31.3 Å². The zero-order valence-corrected chi connectivity index (χ0v) is 12.1. The Hall–Kier alpha value is -0.440. The predicted octanol–water partition coefficient (Wildman–Crippen LogP) is 4.51. The van der Waals surface area contributed by atoms with Crippen molar-refractivity contribution in [1.82, 2.24) is 5.32 Å². The van der Waals surface area contributed by atoms with Gasteiger partial charge in [0.2, 0.25) is 0 Å². The highest BCUT2D eigenvalue weighted by Gasteiger charge is 1.90. The molecule has 0 bridgehead atoms. The van der Waals surface area contributed by atoms with Crippen LogP contribution in [0, 0.1) is 4.91 Å². The van der Waals surface area contributed by atoms with Crippen LogP contribution < -0.4 is 5.32 Å². The summed E-state index contributed by atoms with van der Waals surface area (Å²) in [5.74, 6) is 0. The van der Waals surface area contributed by atoms with Crippen molar-refractivity contribution in [3.05, 3.63) is 4.91 Å². The van der Waals surface area contributed by atoms with Crippen LogP contribution in [-0.2, 0) is 0 Å². The van der Waals surface area contributed by atoms with Gasteiger partial charge in [0.05, 0.1) is 6.54 Å². The molecule has 0 saturated carbocycles. The molecule has 0 saturated heterocycles. The van der Waals surface area contributed by atoms with Crippen molar-refractivity contribution < 1.29 is 0 Å². The van der Waals surface area contributed by atoms with Gasteiger partial charge in [-0.1, -0.05) is 70.9 Å². The van der Waals surface area contributed by atoms with Crippen LogP contribution >= 0.6 is 0 Å². The third kappa shape index (κ3) is 25.7. The van der Waals surface area contributed by atoms with Crippen LogP contribution in [0.3, 0.4) is 0 Å². The van der Waals surface area contributed by atoms with E-state index in [0.717, 1.165) is 19.5 Å². The summed E-state index contributed by atoms with van der Waals surface area (Å²) in [5, 5.41) is 5.94. The van der Waals surface area contributed by atoms with Gasteiger partial charge in [-0.05, 0) is 19.5 Å². The van der Waals surface area contributed by atoms with Crippen molar-refractivity contribution in [2.24, 2.45) is 5.18 Å². The first-order valence-corrected chi connectivity index (χ1v) is 7.33. The van der Waals surface area contributed by atoms with Crippen LogP contribution in [-0.4, -0.2) is 19.6 Å². The van der Waals surface area contributed by atoms with Crippen molar-refractivity contribution in [3.8, 4) is 0 Å². The standard InChI is InChI=1S/C10H21NO.C4H11N/c1-2-3-4-5-6-7-8-9-10-11-12;1-3-5-4-2/h2-10H2,1H3;5H,3-4H2,1-2H3. The van der Waals surface area contributed by atoms with E-state index < -0.39 is 0 Å². The molecule has 0 atom stereocenters. The normalized spacial score (nSPS) is 9.59. The third-order valence-corrected chi connectivity index (χ3v) is 2.60. The molecule has 0 heterocycles. The van der Waals surface area contributed by atoms with Gasteiger partial charge < -0.3 is 5.32 Å². The zero-order valence-electron chi connectivity index (χ0n) is 12.1. The second kappa shape index (κ2) is 20.9. The highest BCUT2D eigenvalue weighted by Crippen LogP contribution is 2.07. The Morgan fingerprint density at radius 1 is 0.765 bits per heavy atom. The average molecular weight is 244 g/mol. The van der Waals surface area contributed by atoms with E-state index in [9.17, 15) is 4.91 Å². The maximum atomic E-state index is 9.73. The molecule has 0 radical (unpaired) electrons. The summed E-state index contributed by atoms with van der Waals surface area (Å²) in [4.78, 5) is 9.73. The third-order valence-electron chi connectivity index (χ3n) is 2.60. The highest BCUT2D eigenvalue weighted by atomic mass is 16.3. The molecule has 0 fully saturated rings. The molecule has 0 aliphatic rings. The monoisotopic (exact) mass is 244 g/mol. The van der Waals surface area contributed by atoms with Gasteiger partial charge in [0, 0.05) is 0 Å². The molecule has 3 heteroatoms. The molecule has 3 nitrogen and oxygen atoms in total. The molecule has 0 aromatic heterocycles. The maximum absolute atomic E-state index is 9.73. The largest absolute Gasteiger partial charge is 0.317 e. The van der Waals surface area contributed by atoms with Gasteiger partial charge >= 0.3 is 0 Å². The average Bonchev–Trinajstić information content (AvgIpc) is 2.34. The molecule has 0 aliphatic carbocycles. The Bertz CT molecular complexity index is 127. The van der Waals surface area contributed by atoms with Crippen molar-refractivity contribution in [1.29, 1.82) is 0 Å². The Balaban J connectivity index is 0. The van der Waals surface area contributed by atoms with Crippen LogP contribution in [0.1, 0.15) is 72.1 Å². The lowest BCUT2D eigenvalue weighted by Gasteiger charge is -1.98. The van der Waals surface area contributed by atoms with Crippen LogP contribution in [0.25, 0.3) is 0 Å². The lowest BCUT2D eigenvalue weighted by atomic mass is 10.1. The Kier molecular flexibility index (Phi) is 23.3. The van der Waals surface area contributed by atoms with E-state index in [1.807, 2.05) is 0 Å². The minimum atomic E-state index is 0.509. The molecule has 0 spiro atoms. The molecule has 0 aromatic carbocycles. The van der Waals surface area contributed by atoms with E-state index in [1.165, 1.54) is 44.9 Å². The molecule has 0 aliphatic heterocycles. The second-order valence-corrected chi connectivity index (χ2v) is 4.28. The number of hydrogen-bond acceptors (Lipinski definition) is 3. The molecule has 0 amide bonds. The van der Waals surface area contributed by atoms with E-state index in [4.69, 9.17) is 0 Å². The van der Waals surface area contributed by atoms with Crippen LogP contribution in [0.4, 0.5) is 0 Å². The van der Waals surface area contributed by atoms with Crippen molar-refractivity contribution in [2.75, 3.05) is 19.6 Å². The number of nitrogens with zero attached hydrogens (tertiary/aromatic N) is 1. The van der Waals surface area contributed by atoms with Gasteiger partial charge in [-0.25, -0.2) is 0 Å². The topological polar surface area (TPSA) is 41.5 Å². The number of nitrogens with one attached hydrogen (secondary N) is 1. The fourth-order valence-electron chi connectivity index (χ4n) is 1.56. The van der Waals surface area contributed by atoms with Gasteiger partial charge in [0.15, 0.2) is 0 Å². The van der Waals surface area contributed by atoms with Crippen molar-refractivity contribution in [3.63, 3.8) is 0 Å². The Morgan fingerprint density at radius 3 is 1.59 bits per heavy atom. The molecule has 0 aromatic rings. The first kappa shape index (κ1) is 18.9. The molecule has 1 N–H and O–H groups in total. The number of hydrogen-bond donors (Lipinski definition) is 1. The SMILES string of the molecule is CCCCCCCCCCN=O.CCNCC. The zero-order chi connectivity index (χ0) is 13.2. The lowest BCUT2D eigenvalue weighted by Crippen LogP contribution is -2.09. The van der Waals surface area contributed by atoms with Crippen molar-refractivity contribution >= 4 is 0 Å². The summed E-state index contributed by atoms with van der Waals surface area (Å²) >= 11 is 0. The molecule has 104 valence electrons. The molecule has 17 heavy (non-hydrogen) atoms. The van der Waals surface area contributed by atoms with E-state index in [-0.39, 0.29) is 0 Å². The highest BCUT2D eigenvalue weighted by molar-refractivity contribution is 4.47.